The maximum absolute atomic E-state index is 6.26. The number of hydrogen-bond acceptors (Lipinski definition) is 3. The minimum absolute atomic E-state index is 0.338. The Labute approximate surface area is 114 Å². The summed E-state index contributed by atoms with van der Waals surface area (Å²) < 4.78 is 0. The summed E-state index contributed by atoms with van der Waals surface area (Å²) in [5.41, 5.74) is 9.63. The molecular formula is C16H21N3. The van der Waals surface area contributed by atoms with Gasteiger partial charge in [-0.05, 0) is 25.3 Å². The molecule has 1 aliphatic heterocycles. The van der Waals surface area contributed by atoms with Gasteiger partial charge in [0, 0.05) is 17.3 Å². The third kappa shape index (κ3) is 2.37. The number of benzene rings is 1. The third-order valence-corrected chi connectivity index (χ3v) is 4.13. The van der Waals surface area contributed by atoms with Crippen LogP contribution in [0.3, 0.4) is 0 Å². The van der Waals surface area contributed by atoms with Crippen LogP contribution in [0, 0.1) is 0 Å². The Morgan fingerprint density at radius 2 is 1.89 bits per heavy atom. The molecule has 0 radical (unpaired) electrons. The SMILES string of the molecule is CC1=C(c2ccccc2)C(N)=N[C@@H]2CCCC[C@@H]2N1. The Hall–Kier alpha value is -1.77. The van der Waals surface area contributed by atoms with Gasteiger partial charge < -0.3 is 11.1 Å². The summed E-state index contributed by atoms with van der Waals surface area (Å²) >= 11 is 0. The molecule has 1 aromatic rings. The summed E-state index contributed by atoms with van der Waals surface area (Å²) in [5, 5.41) is 3.64. The van der Waals surface area contributed by atoms with E-state index in [1.54, 1.807) is 0 Å². The van der Waals surface area contributed by atoms with E-state index in [1.165, 1.54) is 19.3 Å². The van der Waals surface area contributed by atoms with Crippen LogP contribution >= 0.6 is 0 Å². The van der Waals surface area contributed by atoms with Gasteiger partial charge in [0.15, 0.2) is 0 Å². The Balaban J connectivity index is 2.01. The summed E-state index contributed by atoms with van der Waals surface area (Å²) in [4.78, 5) is 4.78. The molecule has 100 valence electrons. The van der Waals surface area contributed by atoms with E-state index in [0.717, 1.165) is 23.3 Å². The van der Waals surface area contributed by atoms with E-state index >= 15 is 0 Å². The predicted octanol–water partition coefficient (Wildman–Crippen LogP) is 2.69. The topological polar surface area (TPSA) is 50.4 Å². The third-order valence-electron chi connectivity index (χ3n) is 4.13. The summed E-state index contributed by atoms with van der Waals surface area (Å²) in [5.74, 6) is 0.686. The summed E-state index contributed by atoms with van der Waals surface area (Å²) in [6.45, 7) is 2.11. The Bertz CT molecular complexity index is 516. The number of hydrogen-bond donors (Lipinski definition) is 2. The average molecular weight is 255 g/mol. The molecule has 2 aliphatic rings. The van der Waals surface area contributed by atoms with Gasteiger partial charge in [-0.25, -0.2) is 0 Å². The molecule has 0 aromatic heterocycles. The molecule has 0 saturated heterocycles. The van der Waals surface area contributed by atoms with Crippen LogP contribution < -0.4 is 11.1 Å². The van der Waals surface area contributed by atoms with Crippen LogP contribution in [-0.2, 0) is 0 Å². The molecule has 3 rings (SSSR count). The van der Waals surface area contributed by atoms with Gasteiger partial charge in [-0.1, -0.05) is 43.2 Å². The molecule has 1 aromatic carbocycles. The zero-order chi connectivity index (χ0) is 13.2. The van der Waals surface area contributed by atoms with Crippen molar-refractivity contribution in [2.75, 3.05) is 0 Å². The number of rotatable bonds is 1. The van der Waals surface area contributed by atoms with Crippen LogP contribution in [0.4, 0.5) is 0 Å². The highest BCUT2D eigenvalue weighted by atomic mass is 15.0. The Morgan fingerprint density at radius 1 is 1.16 bits per heavy atom. The zero-order valence-corrected chi connectivity index (χ0v) is 11.4. The van der Waals surface area contributed by atoms with Crippen LogP contribution in [-0.4, -0.2) is 17.9 Å². The van der Waals surface area contributed by atoms with E-state index in [2.05, 4.69) is 24.4 Å². The molecule has 3 N–H and O–H groups in total. The molecule has 0 spiro atoms. The van der Waals surface area contributed by atoms with Crippen molar-refractivity contribution >= 4 is 11.4 Å². The maximum atomic E-state index is 6.26. The lowest BCUT2D eigenvalue weighted by atomic mass is 9.91. The van der Waals surface area contributed by atoms with Crippen molar-refractivity contribution in [3.8, 4) is 0 Å². The highest BCUT2D eigenvalue weighted by Crippen LogP contribution is 2.28. The van der Waals surface area contributed by atoms with Crippen molar-refractivity contribution in [1.29, 1.82) is 0 Å². The number of nitrogens with one attached hydrogen (secondary N) is 1. The maximum Gasteiger partial charge on any atom is 0.128 e. The van der Waals surface area contributed by atoms with Gasteiger partial charge in [0.1, 0.15) is 5.84 Å². The highest BCUT2D eigenvalue weighted by Gasteiger charge is 2.28. The Kier molecular flexibility index (Phi) is 3.28. The fourth-order valence-electron chi connectivity index (χ4n) is 3.19. The molecule has 3 heteroatoms. The van der Waals surface area contributed by atoms with E-state index in [4.69, 9.17) is 10.7 Å². The number of allylic oxidation sites excluding steroid dienone is 1. The molecule has 0 unspecified atom stereocenters. The van der Waals surface area contributed by atoms with Crippen LogP contribution in [0.2, 0.25) is 0 Å². The standard InChI is InChI=1S/C16H21N3/c1-11-15(12-7-3-2-4-8-12)16(17)19-14-10-6-5-9-13(14)18-11/h2-4,7-8,13-14,18H,5-6,9-10H2,1H3,(H2,17,19)/t13-,14+/m0/s1. The number of nitrogens with zero attached hydrogens (tertiary/aromatic N) is 1. The molecule has 3 nitrogen and oxygen atoms in total. The summed E-state index contributed by atoms with van der Waals surface area (Å²) in [7, 11) is 0. The fourth-order valence-corrected chi connectivity index (χ4v) is 3.19. The smallest absolute Gasteiger partial charge is 0.128 e. The van der Waals surface area contributed by atoms with Crippen molar-refractivity contribution in [1.82, 2.24) is 5.32 Å². The number of fused-ring (bicyclic) bond motifs is 1. The molecule has 1 fully saturated rings. The van der Waals surface area contributed by atoms with Gasteiger partial charge >= 0.3 is 0 Å². The molecule has 1 aliphatic carbocycles. The summed E-state index contributed by atoms with van der Waals surface area (Å²) in [6, 6.07) is 11.1. The first-order valence-corrected chi connectivity index (χ1v) is 7.12. The molecule has 1 heterocycles. The Morgan fingerprint density at radius 3 is 2.68 bits per heavy atom. The second kappa shape index (κ2) is 5.08. The monoisotopic (exact) mass is 255 g/mol. The van der Waals surface area contributed by atoms with Gasteiger partial charge in [-0.15, -0.1) is 0 Å². The summed E-state index contributed by atoms with van der Waals surface area (Å²) in [6.07, 6.45) is 4.89. The molecular weight excluding hydrogens is 234 g/mol. The van der Waals surface area contributed by atoms with Gasteiger partial charge in [0.05, 0.1) is 6.04 Å². The first-order valence-electron chi connectivity index (χ1n) is 7.12. The molecule has 0 amide bonds. The molecule has 19 heavy (non-hydrogen) atoms. The van der Waals surface area contributed by atoms with Crippen LogP contribution in [0.15, 0.2) is 41.0 Å². The van der Waals surface area contributed by atoms with E-state index in [-0.39, 0.29) is 0 Å². The largest absolute Gasteiger partial charge is 0.383 e. The minimum Gasteiger partial charge on any atom is -0.383 e. The van der Waals surface area contributed by atoms with Gasteiger partial charge in [0.2, 0.25) is 0 Å². The van der Waals surface area contributed by atoms with E-state index in [0.29, 0.717) is 17.9 Å². The van der Waals surface area contributed by atoms with E-state index in [9.17, 15) is 0 Å². The first-order chi connectivity index (χ1) is 9.25. The minimum atomic E-state index is 0.338. The number of amidine groups is 1. The van der Waals surface area contributed by atoms with Crippen molar-refractivity contribution < 1.29 is 0 Å². The predicted molar refractivity (Wildman–Crippen MR) is 79.8 cm³/mol. The normalized spacial score (nSPS) is 27.1. The van der Waals surface area contributed by atoms with Gasteiger partial charge in [-0.2, -0.15) is 0 Å². The number of nitrogens with two attached hydrogens (primary N) is 1. The van der Waals surface area contributed by atoms with Crippen molar-refractivity contribution in [3.05, 3.63) is 41.6 Å². The van der Waals surface area contributed by atoms with Crippen molar-refractivity contribution in [2.45, 2.75) is 44.7 Å². The molecule has 2 atom stereocenters. The van der Waals surface area contributed by atoms with Crippen LogP contribution in [0.1, 0.15) is 38.2 Å². The quantitative estimate of drug-likeness (QED) is 0.810. The average Bonchev–Trinajstić information content (AvgIpc) is 2.54. The van der Waals surface area contributed by atoms with Crippen LogP contribution in [0.25, 0.3) is 5.57 Å². The highest BCUT2D eigenvalue weighted by molar-refractivity contribution is 6.22. The van der Waals surface area contributed by atoms with E-state index < -0.39 is 0 Å². The lowest BCUT2D eigenvalue weighted by molar-refractivity contribution is 0.351. The molecule has 0 bridgehead atoms. The van der Waals surface area contributed by atoms with Gasteiger partial charge in [0.25, 0.3) is 0 Å². The fraction of sp³-hybridized carbons (Fsp3) is 0.438. The first kappa shape index (κ1) is 12.3. The number of aliphatic imine (C=N–C) groups is 1. The lowest BCUT2D eigenvalue weighted by Crippen LogP contribution is -2.39. The second-order valence-corrected chi connectivity index (χ2v) is 5.48. The lowest BCUT2D eigenvalue weighted by Gasteiger charge is -2.29. The van der Waals surface area contributed by atoms with E-state index in [1.807, 2.05) is 18.2 Å². The molecule has 1 saturated carbocycles. The zero-order valence-electron chi connectivity index (χ0n) is 11.4. The van der Waals surface area contributed by atoms with Crippen molar-refractivity contribution in [2.24, 2.45) is 10.7 Å². The van der Waals surface area contributed by atoms with Crippen molar-refractivity contribution in [3.63, 3.8) is 0 Å². The second-order valence-electron chi connectivity index (χ2n) is 5.48. The van der Waals surface area contributed by atoms with Gasteiger partial charge in [-0.3, -0.25) is 4.99 Å². The van der Waals surface area contributed by atoms with Crippen LogP contribution in [0.5, 0.6) is 0 Å².